The fourth-order valence-electron chi connectivity index (χ4n) is 1.30. The van der Waals surface area contributed by atoms with E-state index in [0.717, 1.165) is 0 Å². The second kappa shape index (κ2) is 5.95. The predicted octanol–water partition coefficient (Wildman–Crippen LogP) is 1.43. The van der Waals surface area contributed by atoms with Gasteiger partial charge in [0.25, 0.3) is 5.69 Å². The summed E-state index contributed by atoms with van der Waals surface area (Å²) in [6.45, 7) is 1.47. The number of nitrogens with one attached hydrogen (secondary N) is 1. The Hall–Kier alpha value is -1.18. The summed E-state index contributed by atoms with van der Waals surface area (Å²) in [5.41, 5.74) is 1.20. The zero-order valence-electron chi connectivity index (χ0n) is 9.18. The van der Waals surface area contributed by atoms with Crippen LogP contribution in [0.1, 0.15) is 5.56 Å². The van der Waals surface area contributed by atoms with Crippen LogP contribution in [0, 0.1) is 17.0 Å². The number of aliphatic hydroxyl groups is 2. The highest BCUT2D eigenvalue weighted by Crippen LogP contribution is 2.30. The van der Waals surface area contributed by atoms with Gasteiger partial charge in [0.1, 0.15) is 0 Å². The van der Waals surface area contributed by atoms with Crippen LogP contribution in [0.5, 0.6) is 0 Å². The van der Waals surface area contributed by atoms with Gasteiger partial charge < -0.3 is 15.5 Å². The van der Waals surface area contributed by atoms with Crippen molar-refractivity contribution in [2.24, 2.45) is 0 Å². The Bertz CT molecular complexity index is 425. The fraction of sp³-hybridized carbons (Fsp3) is 0.400. The molecule has 0 spiro atoms. The molecule has 0 amide bonds. The lowest BCUT2D eigenvalue weighted by atomic mass is 10.2. The number of halogens is 1. The minimum atomic E-state index is -0.864. The van der Waals surface area contributed by atoms with Gasteiger partial charge in [0.2, 0.25) is 0 Å². The van der Waals surface area contributed by atoms with E-state index in [2.05, 4.69) is 21.2 Å². The highest BCUT2D eigenvalue weighted by atomic mass is 79.9. The van der Waals surface area contributed by atoms with Crippen molar-refractivity contribution in [1.29, 1.82) is 0 Å². The number of aliphatic hydroxyl groups excluding tert-OH is 2. The Morgan fingerprint density at radius 2 is 2.24 bits per heavy atom. The van der Waals surface area contributed by atoms with Crippen LogP contribution in [0.2, 0.25) is 0 Å². The van der Waals surface area contributed by atoms with E-state index >= 15 is 0 Å². The summed E-state index contributed by atoms with van der Waals surface area (Å²) in [5.74, 6) is 0. The highest BCUT2D eigenvalue weighted by molar-refractivity contribution is 9.10. The first kappa shape index (κ1) is 13.9. The molecule has 0 heterocycles. The minimum Gasteiger partial charge on any atom is -0.394 e. The molecule has 0 aliphatic carbocycles. The Morgan fingerprint density at radius 3 is 2.76 bits per heavy atom. The highest BCUT2D eigenvalue weighted by Gasteiger charge is 2.14. The van der Waals surface area contributed by atoms with Crippen molar-refractivity contribution >= 4 is 27.3 Å². The molecule has 0 aliphatic rings. The summed E-state index contributed by atoms with van der Waals surface area (Å²) in [5, 5.41) is 31.4. The van der Waals surface area contributed by atoms with Crippen LogP contribution in [-0.2, 0) is 0 Å². The van der Waals surface area contributed by atoms with Gasteiger partial charge in [0.15, 0.2) is 0 Å². The van der Waals surface area contributed by atoms with E-state index in [1.54, 1.807) is 13.0 Å². The molecule has 1 aromatic rings. The maximum atomic E-state index is 10.7. The smallest absolute Gasteiger partial charge is 0.273 e. The zero-order valence-corrected chi connectivity index (χ0v) is 10.8. The number of nitrogens with zero attached hydrogens (tertiary/aromatic N) is 1. The Kier molecular flexibility index (Phi) is 4.86. The van der Waals surface area contributed by atoms with Gasteiger partial charge in [0.05, 0.1) is 17.6 Å². The molecule has 0 radical (unpaired) electrons. The maximum Gasteiger partial charge on any atom is 0.273 e. The predicted molar refractivity (Wildman–Crippen MR) is 67.1 cm³/mol. The summed E-state index contributed by atoms with van der Waals surface area (Å²) < 4.78 is 0.542. The number of hydrogen-bond acceptors (Lipinski definition) is 5. The third kappa shape index (κ3) is 3.65. The molecule has 1 atom stereocenters. The van der Waals surface area contributed by atoms with Gasteiger partial charge in [-0.1, -0.05) is 0 Å². The third-order valence-corrected chi connectivity index (χ3v) is 2.88. The van der Waals surface area contributed by atoms with Gasteiger partial charge in [-0.05, 0) is 28.9 Å². The van der Waals surface area contributed by atoms with Gasteiger partial charge >= 0.3 is 0 Å². The van der Waals surface area contributed by atoms with Gasteiger partial charge in [0, 0.05) is 28.3 Å². The second-order valence-corrected chi connectivity index (χ2v) is 4.45. The SMILES string of the molecule is Cc1cc(NC[C@@H](O)CO)c(Br)cc1[N+](=O)[O-]. The maximum absolute atomic E-state index is 10.7. The largest absolute Gasteiger partial charge is 0.394 e. The van der Waals surface area contributed by atoms with E-state index in [9.17, 15) is 15.2 Å². The van der Waals surface area contributed by atoms with E-state index in [1.807, 2.05) is 0 Å². The molecule has 0 bridgehead atoms. The molecule has 1 rings (SSSR count). The normalized spacial score (nSPS) is 12.2. The molecule has 0 aliphatic heterocycles. The second-order valence-electron chi connectivity index (χ2n) is 3.59. The van der Waals surface area contributed by atoms with Crippen LogP contribution < -0.4 is 5.32 Å². The van der Waals surface area contributed by atoms with Crippen molar-refractivity contribution in [3.8, 4) is 0 Å². The van der Waals surface area contributed by atoms with Crippen LogP contribution >= 0.6 is 15.9 Å². The van der Waals surface area contributed by atoms with Crippen molar-refractivity contribution in [3.05, 3.63) is 32.3 Å². The number of nitro benzene ring substituents is 1. The van der Waals surface area contributed by atoms with Crippen LogP contribution in [0.4, 0.5) is 11.4 Å². The quantitative estimate of drug-likeness (QED) is 0.565. The van der Waals surface area contributed by atoms with E-state index in [0.29, 0.717) is 15.7 Å². The van der Waals surface area contributed by atoms with Gasteiger partial charge in [-0.25, -0.2) is 0 Å². The van der Waals surface area contributed by atoms with Gasteiger partial charge in [-0.15, -0.1) is 0 Å². The fourth-order valence-corrected chi connectivity index (χ4v) is 1.77. The first-order valence-electron chi connectivity index (χ1n) is 4.93. The summed E-state index contributed by atoms with van der Waals surface area (Å²) in [7, 11) is 0. The Morgan fingerprint density at radius 1 is 1.59 bits per heavy atom. The van der Waals surface area contributed by atoms with E-state index in [1.165, 1.54) is 6.07 Å². The van der Waals surface area contributed by atoms with Crippen molar-refractivity contribution < 1.29 is 15.1 Å². The molecule has 0 aromatic heterocycles. The average molecular weight is 305 g/mol. The molecule has 17 heavy (non-hydrogen) atoms. The van der Waals surface area contributed by atoms with Crippen molar-refractivity contribution in [1.82, 2.24) is 0 Å². The summed E-state index contributed by atoms with van der Waals surface area (Å²) >= 11 is 3.21. The summed E-state index contributed by atoms with van der Waals surface area (Å²) in [4.78, 5) is 10.2. The number of anilines is 1. The number of nitro groups is 1. The molecule has 6 nitrogen and oxygen atoms in total. The molecule has 0 saturated heterocycles. The molecule has 0 fully saturated rings. The Balaban J connectivity index is 2.88. The number of rotatable bonds is 5. The lowest BCUT2D eigenvalue weighted by molar-refractivity contribution is -0.385. The number of hydrogen-bond donors (Lipinski definition) is 3. The molecule has 94 valence electrons. The van der Waals surface area contributed by atoms with Gasteiger partial charge in [-0.3, -0.25) is 10.1 Å². The molecule has 0 unspecified atom stereocenters. The molecule has 7 heteroatoms. The average Bonchev–Trinajstić information content (AvgIpc) is 2.28. The lowest BCUT2D eigenvalue weighted by Gasteiger charge is -2.12. The van der Waals surface area contributed by atoms with E-state index in [-0.39, 0.29) is 18.8 Å². The Labute approximate surface area is 107 Å². The van der Waals surface area contributed by atoms with E-state index in [4.69, 9.17) is 5.11 Å². The van der Waals surface area contributed by atoms with Gasteiger partial charge in [-0.2, -0.15) is 0 Å². The topological polar surface area (TPSA) is 95.6 Å². The molecule has 3 N–H and O–H groups in total. The standard InChI is InChI=1S/C10H13BrN2O4/c1-6-2-9(12-4-7(15)5-14)8(11)3-10(6)13(16)17/h2-3,7,12,14-15H,4-5H2,1H3/t7-/m1/s1. The third-order valence-electron chi connectivity index (χ3n) is 2.22. The molecular formula is C10H13BrN2O4. The van der Waals surface area contributed by atoms with E-state index < -0.39 is 11.0 Å². The zero-order chi connectivity index (χ0) is 13.0. The van der Waals surface area contributed by atoms with Crippen molar-refractivity contribution in [3.63, 3.8) is 0 Å². The number of aryl methyl sites for hydroxylation is 1. The minimum absolute atomic E-state index is 0.0325. The molecular weight excluding hydrogens is 292 g/mol. The first-order valence-corrected chi connectivity index (χ1v) is 5.72. The van der Waals surface area contributed by atoms with Crippen molar-refractivity contribution in [2.75, 3.05) is 18.5 Å². The van der Waals surface area contributed by atoms with Crippen LogP contribution in [-0.4, -0.2) is 34.4 Å². The first-order chi connectivity index (χ1) is 7.95. The van der Waals surface area contributed by atoms with Crippen LogP contribution in [0.15, 0.2) is 16.6 Å². The molecule has 1 aromatic carbocycles. The monoisotopic (exact) mass is 304 g/mol. The van der Waals surface area contributed by atoms with Crippen LogP contribution in [0.3, 0.4) is 0 Å². The number of benzene rings is 1. The lowest BCUT2D eigenvalue weighted by Crippen LogP contribution is -2.23. The summed E-state index contributed by atoms with van der Waals surface area (Å²) in [6, 6.07) is 3.02. The van der Waals surface area contributed by atoms with Crippen molar-refractivity contribution in [2.45, 2.75) is 13.0 Å². The summed E-state index contributed by atoms with van der Waals surface area (Å²) in [6.07, 6.45) is -0.864. The molecule has 0 saturated carbocycles. The van der Waals surface area contributed by atoms with Crippen LogP contribution in [0.25, 0.3) is 0 Å².